The molecule has 0 aliphatic rings. The van der Waals surface area contributed by atoms with Gasteiger partial charge in [0.15, 0.2) is 0 Å². The minimum absolute atomic E-state index is 0.0575. The smallest absolute Gasteiger partial charge is 0.253 e. The lowest BCUT2D eigenvalue weighted by Gasteiger charge is -2.26. The molecule has 0 fully saturated rings. The number of anilines is 1. The van der Waals surface area contributed by atoms with E-state index in [1.54, 1.807) is 18.2 Å². The molecular weight excluding hydrogens is 276 g/mol. The van der Waals surface area contributed by atoms with E-state index in [2.05, 4.69) is 24.6 Å². The van der Waals surface area contributed by atoms with E-state index in [-0.39, 0.29) is 11.9 Å². The zero-order valence-corrected chi connectivity index (χ0v) is 13.2. The van der Waals surface area contributed by atoms with Crippen LogP contribution in [0, 0.1) is 5.92 Å². The molecule has 1 aromatic carbocycles. The van der Waals surface area contributed by atoms with Crippen molar-refractivity contribution in [1.29, 1.82) is 0 Å². The number of nitrogens with one attached hydrogen (secondary N) is 2. The lowest BCUT2D eigenvalue weighted by molar-refractivity contribution is 0.0917. The summed E-state index contributed by atoms with van der Waals surface area (Å²) >= 11 is 5.94. The van der Waals surface area contributed by atoms with Crippen LogP contribution in [0.4, 0.5) is 5.69 Å². The Hall–Kier alpha value is -1.30. The number of amides is 1. The molecule has 1 unspecified atom stereocenters. The van der Waals surface area contributed by atoms with Crippen molar-refractivity contribution in [2.75, 3.05) is 26.1 Å². The van der Waals surface area contributed by atoms with Gasteiger partial charge in [0, 0.05) is 17.6 Å². The molecule has 0 aliphatic heterocycles. The summed E-state index contributed by atoms with van der Waals surface area (Å²) in [5.74, 6) is 5.58. The van der Waals surface area contributed by atoms with Crippen LogP contribution < -0.4 is 16.6 Å². The molecule has 20 heavy (non-hydrogen) atoms. The van der Waals surface area contributed by atoms with Gasteiger partial charge in [-0.05, 0) is 38.2 Å². The summed E-state index contributed by atoms with van der Waals surface area (Å²) in [5.41, 5.74) is 3.52. The fraction of sp³-hybridized carbons (Fsp3) is 0.500. The third kappa shape index (κ3) is 4.67. The van der Waals surface area contributed by atoms with Gasteiger partial charge >= 0.3 is 0 Å². The summed E-state index contributed by atoms with van der Waals surface area (Å²) in [6.07, 6.45) is 0. The van der Waals surface area contributed by atoms with E-state index in [9.17, 15) is 4.79 Å². The number of nitrogens with zero attached hydrogens (tertiary/aromatic N) is 1. The second-order valence-corrected chi connectivity index (χ2v) is 5.86. The van der Waals surface area contributed by atoms with Crippen molar-refractivity contribution in [2.45, 2.75) is 19.9 Å². The minimum atomic E-state index is -0.180. The van der Waals surface area contributed by atoms with E-state index < -0.39 is 0 Å². The molecule has 6 heteroatoms. The van der Waals surface area contributed by atoms with E-state index in [1.807, 2.05) is 19.0 Å². The average molecular weight is 299 g/mol. The van der Waals surface area contributed by atoms with E-state index in [1.165, 1.54) is 0 Å². The quantitative estimate of drug-likeness (QED) is 0.554. The predicted octanol–water partition coefficient (Wildman–Crippen LogP) is 1.94. The van der Waals surface area contributed by atoms with Crippen LogP contribution in [0.1, 0.15) is 24.2 Å². The fourth-order valence-corrected chi connectivity index (χ4v) is 2.06. The van der Waals surface area contributed by atoms with Crippen LogP contribution in [-0.2, 0) is 0 Å². The average Bonchev–Trinajstić information content (AvgIpc) is 2.37. The molecule has 5 nitrogen and oxygen atoms in total. The van der Waals surface area contributed by atoms with Gasteiger partial charge in [-0.3, -0.25) is 10.6 Å². The Bertz CT molecular complexity index is 462. The van der Waals surface area contributed by atoms with Crippen molar-refractivity contribution in [3.63, 3.8) is 0 Å². The van der Waals surface area contributed by atoms with Crippen LogP contribution in [0.5, 0.6) is 0 Å². The highest BCUT2D eigenvalue weighted by atomic mass is 35.5. The number of hydrogen-bond acceptors (Lipinski definition) is 4. The number of nitrogens with two attached hydrogens (primary N) is 1. The Morgan fingerprint density at radius 1 is 1.40 bits per heavy atom. The van der Waals surface area contributed by atoms with Crippen molar-refractivity contribution in [3.05, 3.63) is 28.8 Å². The molecule has 0 bridgehead atoms. The number of halogens is 1. The topological polar surface area (TPSA) is 70.4 Å². The van der Waals surface area contributed by atoms with Crippen molar-refractivity contribution in [2.24, 2.45) is 11.8 Å². The Morgan fingerprint density at radius 3 is 2.55 bits per heavy atom. The molecule has 0 aromatic heterocycles. The zero-order valence-electron chi connectivity index (χ0n) is 12.4. The van der Waals surface area contributed by atoms with E-state index in [0.717, 1.165) is 6.54 Å². The first-order chi connectivity index (χ1) is 9.35. The van der Waals surface area contributed by atoms with Gasteiger partial charge < -0.3 is 15.6 Å². The summed E-state index contributed by atoms with van der Waals surface area (Å²) in [4.78, 5) is 14.4. The van der Waals surface area contributed by atoms with Gasteiger partial charge in [-0.25, -0.2) is 0 Å². The first-order valence-electron chi connectivity index (χ1n) is 6.57. The SMILES string of the molecule is CC(C)C(CN(C)C)NC(=O)c1cc(Cl)ccc1NN. The molecule has 1 atom stereocenters. The summed E-state index contributed by atoms with van der Waals surface area (Å²) in [7, 11) is 3.96. The Balaban J connectivity index is 2.91. The van der Waals surface area contributed by atoms with Crippen LogP contribution in [0.15, 0.2) is 18.2 Å². The van der Waals surface area contributed by atoms with Gasteiger partial charge in [0.05, 0.1) is 11.3 Å². The maximum Gasteiger partial charge on any atom is 0.253 e. The Kier molecular flexibility index (Phi) is 6.26. The minimum Gasteiger partial charge on any atom is -0.348 e. The molecule has 0 saturated heterocycles. The summed E-state index contributed by atoms with van der Waals surface area (Å²) < 4.78 is 0. The van der Waals surface area contributed by atoms with E-state index in [0.29, 0.717) is 22.2 Å². The van der Waals surface area contributed by atoms with Crippen LogP contribution in [0.3, 0.4) is 0 Å². The molecule has 4 N–H and O–H groups in total. The summed E-state index contributed by atoms with van der Waals surface area (Å²) in [5, 5.41) is 3.53. The van der Waals surface area contributed by atoms with Crippen molar-refractivity contribution in [1.82, 2.24) is 10.2 Å². The number of benzene rings is 1. The lowest BCUT2D eigenvalue weighted by atomic mass is 10.0. The van der Waals surface area contributed by atoms with Crippen LogP contribution in [0.25, 0.3) is 0 Å². The number of likely N-dealkylation sites (N-methyl/N-ethyl adjacent to an activating group) is 1. The molecule has 0 saturated carbocycles. The van der Waals surface area contributed by atoms with Gasteiger partial charge in [0.25, 0.3) is 5.91 Å². The normalized spacial score (nSPS) is 12.6. The van der Waals surface area contributed by atoms with Crippen LogP contribution in [0.2, 0.25) is 5.02 Å². The Labute approximate surface area is 125 Å². The molecular formula is C14H23ClN4O. The number of hydrogen-bond donors (Lipinski definition) is 3. The van der Waals surface area contributed by atoms with Crippen molar-refractivity contribution in [3.8, 4) is 0 Å². The maximum absolute atomic E-state index is 12.4. The first kappa shape index (κ1) is 16.8. The third-order valence-corrected chi connectivity index (χ3v) is 3.30. The third-order valence-electron chi connectivity index (χ3n) is 3.06. The van der Waals surface area contributed by atoms with Crippen molar-refractivity contribution < 1.29 is 4.79 Å². The number of carbonyl (C=O) groups is 1. The molecule has 112 valence electrons. The predicted molar refractivity (Wildman–Crippen MR) is 83.9 cm³/mol. The highest BCUT2D eigenvalue weighted by molar-refractivity contribution is 6.31. The highest BCUT2D eigenvalue weighted by Gasteiger charge is 2.19. The van der Waals surface area contributed by atoms with E-state index in [4.69, 9.17) is 17.4 Å². The molecule has 1 rings (SSSR count). The fourth-order valence-electron chi connectivity index (χ4n) is 1.89. The van der Waals surface area contributed by atoms with Gasteiger partial charge in [-0.1, -0.05) is 25.4 Å². The second kappa shape index (κ2) is 7.47. The van der Waals surface area contributed by atoms with Gasteiger partial charge in [0.2, 0.25) is 0 Å². The van der Waals surface area contributed by atoms with E-state index >= 15 is 0 Å². The summed E-state index contributed by atoms with van der Waals surface area (Å²) in [6, 6.07) is 5.04. The number of rotatable bonds is 6. The highest BCUT2D eigenvalue weighted by Crippen LogP contribution is 2.20. The standard InChI is InChI=1S/C14H23ClN4O/c1-9(2)13(8-19(3)4)17-14(20)11-7-10(15)5-6-12(11)18-16/h5-7,9,13,18H,8,16H2,1-4H3,(H,17,20). The number of hydrazine groups is 1. The van der Waals surface area contributed by atoms with Gasteiger partial charge in [-0.2, -0.15) is 0 Å². The molecule has 1 amide bonds. The largest absolute Gasteiger partial charge is 0.348 e. The number of nitrogen functional groups attached to an aromatic ring is 1. The Morgan fingerprint density at radius 2 is 2.05 bits per heavy atom. The second-order valence-electron chi connectivity index (χ2n) is 5.42. The monoisotopic (exact) mass is 298 g/mol. The molecule has 0 aliphatic carbocycles. The van der Waals surface area contributed by atoms with Crippen LogP contribution in [-0.4, -0.2) is 37.5 Å². The van der Waals surface area contributed by atoms with Crippen LogP contribution >= 0.6 is 11.6 Å². The molecule has 0 radical (unpaired) electrons. The van der Waals surface area contributed by atoms with Gasteiger partial charge in [0.1, 0.15) is 0 Å². The lowest BCUT2D eigenvalue weighted by Crippen LogP contribution is -2.45. The number of carbonyl (C=O) groups excluding carboxylic acids is 1. The maximum atomic E-state index is 12.4. The molecule has 1 aromatic rings. The summed E-state index contributed by atoms with van der Waals surface area (Å²) in [6.45, 7) is 4.93. The van der Waals surface area contributed by atoms with Gasteiger partial charge in [-0.15, -0.1) is 0 Å². The van der Waals surface area contributed by atoms with Crippen molar-refractivity contribution >= 4 is 23.2 Å². The first-order valence-corrected chi connectivity index (χ1v) is 6.94. The zero-order chi connectivity index (χ0) is 15.3. The molecule has 0 spiro atoms. The molecule has 0 heterocycles.